The molecule has 1 rings (SSSR count). The Morgan fingerprint density at radius 1 is 1.43 bits per heavy atom. The van der Waals surface area contributed by atoms with Gasteiger partial charge in [-0.05, 0) is 19.1 Å². The van der Waals surface area contributed by atoms with Crippen molar-refractivity contribution < 1.29 is 4.39 Å². The van der Waals surface area contributed by atoms with Crippen LogP contribution in [0.2, 0.25) is 0 Å². The fourth-order valence-electron chi connectivity index (χ4n) is 1.31. The van der Waals surface area contributed by atoms with Crippen molar-refractivity contribution in [1.29, 1.82) is 0 Å². The number of hydrazine groups is 1. The molecule has 4 heteroatoms. The highest BCUT2D eigenvalue weighted by Crippen LogP contribution is 2.20. The fourth-order valence-corrected chi connectivity index (χ4v) is 1.64. The normalized spacial score (nSPS) is 13.3. The number of hydrogen-bond donors (Lipinski definition) is 1. The molecule has 78 valence electrons. The lowest BCUT2D eigenvalue weighted by Crippen LogP contribution is -2.33. The average Bonchev–Trinajstić information content (AvgIpc) is 2.01. The molecule has 1 N–H and O–H groups in total. The van der Waals surface area contributed by atoms with Gasteiger partial charge in [-0.3, -0.25) is 5.01 Å². The zero-order chi connectivity index (χ0) is 10.7. The van der Waals surface area contributed by atoms with Crippen molar-refractivity contribution in [2.45, 2.75) is 13.0 Å². The number of hydrogen-bond acceptors (Lipinski definition) is 2. The van der Waals surface area contributed by atoms with Crippen molar-refractivity contribution in [1.82, 2.24) is 10.4 Å². The van der Waals surface area contributed by atoms with E-state index < -0.39 is 0 Å². The Hall–Kier alpha value is -0.450. The summed E-state index contributed by atoms with van der Waals surface area (Å²) in [6, 6.07) is 5.06. The maximum Gasteiger partial charge on any atom is 0.129 e. The molecule has 0 aromatic heterocycles. The van der Waals surface area contributed by atoms with Crippen LogP contribution in [-0.2, 0) is 0 Å². The lowest BCUT2D eigenvalue weighted by atomic mass is 10.1. The molecule has 0 saturated heterocycles. The van der Waals surface area contributed by atoms with Crippen molar-refractivity contribution in [3.8, 4) is 0 Å². The summed E-state index contributed by atoms with van der Waals surface area (Å²) in [7, 11) is 3.76. The van der Waals surface area contributed by atoms with Crippen molar-refractivity contribution in [3.05, 3.63) is 34.1 Å². The Balaban J connectivity index is 2.84. The minimum absolute atomic E-state index is 0.0295. The number of nitrogens with one attached hydrogen (secondary N) is 1. The van der Waals surface area contributed by atoms with Gasteiger partial charge in [0.1, 0.15) is 5.82 Å². The lowest BCUT2D eigenvalue weighted by molar-refractivity contribution is 0.249. The van der Waals surface area contributed by atoms with Crippen LogP contribution in [0.25, 0.3) is 0 Å². The van der Waals surface area contributed by atoms with Crippen LogP contribution in [0.15, 0.2) is 22.7 Å². The van der Waals surface area contributed by atoms with Crippen LogP contribution in [0, 0.1) is 5.82 Å². The molecule has 1 aromatic rings. The van der Waals surface area contributed by atoms with E-state index in [0.717, 1.165) is 4.47 Å². The van der Waals surface area contributed by atoms with Crippen molar-refractivity contribution in [3.63, 3.8) is 0 Å². The van der Waals surface area contributed by atoms with Crippen LogP contribution < -0.4 is 5.43 Å². The van der Waals surface area contributed by atoms with E-state index in [1.54, 1.807) is 6.07 Å². The maximum atomic E-state index is 13.5. The van der Waals surface area contributed by atoms with E-state index in [9.17, 15) is 4.39 Å². The summed E-state index contributed by atoms with van der Waals surface area (Å²) in [5.41, 5.74) is 3.77. The largest absolute Gasteiger partial charge is 0.250 e. The molecule has 0 radical (unpaired) electrons. The molecule has 0 heterocycles. The van der Waals surface area contributed by atoms with Gasteiger partial charge in [-0.1, -0.05) is 22.0 Å². The minimum atomic E-state index is -0.193. The predicted molar refractivity (Wildman–Crippen MR) is 59.3 cm³/mol. The van der Waals surface area contributed by atoms with Gasteiger partial charge in [-0.25, -0.2) is 9.82 Å². The second kappa shape index (κ2) is 4.87. The van der Waals surface area contributed by atoms with E-state index in [2.05, 4.69) is 21.4 Å². The molecule has 2 nitrogen and oxygen atoms in total. The highest BCUT2D eigenvalue weighted by atomic mass is 79.9. The third-order valence-electron chi connectivity index (χ3n) is 1.88. The lowest BCUT2D eigenvalue weighted by Gasteiger charge is -2.20. The zero-order valence-electron chi connectivity index (χ0n) is 8.51. The standard InChI is InChI=1S/C10H14BrFN2/c1-7(13-14(2)3)9-5-4-8(11)6-10(9)12/h4-7,13H,1-3H3. The van der Waals surface area contributed by atoms with E-state index in [-0.39, 0.29) is 11.9 Å². The van der Waals surface area contributed by atoms with Gasteiger partial charge < -0.3 is 0 Å². The topological polar surface area (TPSA) is 15.3 Å². The molecule has 1 aromatic carbocycles. The number of nitrogens with zero attached hydrogens (tertiary/aromatic N) is 1. The van der Waals surface area contributed by atoms with Crippen LogP contribution in [-0.4, -0.2) is 19.1 Å². The van der Waals surface area contributed by atoms with Crippen molar-refractivity contribution in [2.24, 2.45) is 0 Å². The second-order valence-corrected chi connectivity index (χ2v) is 4.33. The van der Waals surface area contributed by atoms with Gasteiger partial charge in [0.25, 0.3) is 0 Å². The van der Waals surface area contributed by atoms with Crippen LogP contribution in [0.3, 0.4) is 0 Å². The molecule has 1 unspecified atom stereocenters. The quantitative estimate of drug-likeness (QED) is 0.841. The smallest absolute Gasteiger partial charge is 0.129 e. The van der Waals surface area contributed by atoms with Gasteiger partial charge in [0.05, 0.1) is 0 Å². The molecular formula is C10H14BrFN2. The van der Waals surface area contributed by atoms with E-state index in [1.807, 2.05) is 32.1 Å². The van der Waals surface area contributed by atoms with E-state index >= 15 is 0 Å². The summed E-state index contributed by atoms with van der Waals surface area (Å²) in [5.74, 6) is -0.193. The first kappa shape index (κ1) is 11.6. The molecule has 0 amide bonds. The van der Waals surface area contributed by atoms with Crippen LogP contribution in [0.5, 0.6) is 0 Å². The highest BCUT2D eigenvalue weighted by molar-refractivity contribution is 9.10. The zero-order valence-corrected chi connectivity index (χ0v) is 10.1. The Labute approximate surface area is 92.2 Å². The summed E-state index contributed by atoms with van der Waals surface area (Å²) >= 11 is 3.23. The first-order valence-electron chi connectivity index (χ1n) is 4.39. The number of benzene rings is 1. The van der Waals surface area contributed by atoms with Gasteiger partial charge >= 0.3 is 0 Å². The first-order chi connectivity index (χ1) is 6.50. The molecule has 1 atom stereocenters. The van der Waals surface area contributed by atoms with Gasteiger partial charge in [0, 0.05) is 30.2 Å². The number of rotatable bonds is 3. The summed E-state index contributed by atoms with van der Waals surface area (Å²) in [6.07, 6.45) is 0. The molecule has 0 bridgehead atoms. The van der Waals surface area contributed by atoms with E-state index in [0.29, 0.717) is 5.56 Å². The highest BCUT2D eigenvalue weighted by Gasteiger charge is 2.10. The Kier molecular flexibility index (Phi) is 4.04. The Morgan fingerprint density at radius 3 is 2.57 bits per heavy atom. The van der Waals surface area contributed by atoms with Gasteiger partial charge in [-0.15, -0.1) is 0 Å². The Morgan fingerprint density at radius 2 is 2.07 bits per heavy atom. The Bertz CT molecular complexity index is 315. The summed E-state index contributed by atoms with van der Waals surface area (Å²) in [6.45, 7) is 1.92. The summed E-state index contributed by atoms with van der Waals surface area (Å²) < 4.78 is 14.2. The molecule has 0 spiro atoms. The predicted octanol–water partition coefficient (Wildman–Crippen LogP) is 2.72. The van der Waals surface area contributed by atoms with Gasteiger partial charge in [0.2, 0.25) is 0 Å². The van der Waals surface area contributed by atoms with Gasteiger partial charge in [0.15, 0.2) is 0 Å². The maximum absolute atomic E-state index is 13.5. The molecule has 0 aliphatic carbocycles. The average molecular weight is 261 g/mol. The second-order valence-electron chi connectivity index (χ2n) is 3.41. The van der Waals surface area contributed by atoms with E-state index in [1.165, 1.54) is 6.07 Å². The SMILES string of the molecule is CC(NN(C)C)c1ccc(Br)cc1F. The summed E-state index contributed by atoms with van der Waals surface area (Å²) in [5, 5.41) is 1.81. The number of halogens is 2. The third-order valence-corrected chi connectivity index (χ3v) is 2.37. The molecule has 0 aliphatic heterocycles. The molecule has 14 heavy (non-hydrogen) atoms. The third kappa shape index (κ3) is 3.04. The van der Waals surface area contributed by atoms with Crippen LogP contribution in [0.4, 0.5) is 4.39 Å². The van der Waals surface area contributed by atoms with E-state index in [4.69, 9.17) is 0 Å². The van der Waals surface area contributed by atoms with Crippen molar-refractivity contribution >= 4 is 15.9 Å². The van der Waals surface area contributed by atoms with Crippen LogP contribution in [0.1, 0.15) is 18.5 Å². The molecular weight excluding hydrogens is 247 g/mol. The summed E-state index contributed by atoms with van der Waals surface area (Å²) in [4.78, 5) is 0. The minimum Gasteiger partial charge on any atom is -0.250 e. The molecule has 0 fully saturated rings. The first-order valence-corrected chi connectivity index (χ1v) is 5.18. The fraction of sp³-hybridized carbons (Fsp3) is 0.400. The van der Waals surface area contributed by atoms with Gasteiger partial charge in [-0.2, -0.15) is 0 Å². The molecule has 0 aliphatic rings. The molecule has 0 saturated carbocycles. The van der Waals surface area contributed by atoms with Crippen molar-refractivity contribution in [2.75, 3.05) is 14.1 Å². The van der Waals surface area contributed by atoms with Crippen LogP contribution >= 0.6 is 15.9 Å². The monoisotopic (exact) mass is 260 g/mol.